The van der Waals surface area contributed by atoms with Crippen LogP contribution in [0.15, 0.2) is 48.7 Å². The molecule has 0 aliphatic carbocycles. The minimum atomic E-state index is -0.578. The molecule has 4 nitrogen and oxygen atoms in total. The van der Waals surface area contributed by atoms with Crippen LogP contribution in [0.3, 0.4) is 0 Å². The summed E-state index contributed by atoms with van der Waals surface area (Å²) >= 11 is 0. The highest BCUT2D eigenvalue weighted by molar-refractivity contribution is 6.20. The largest absolute Gasteiger partial charge is 0.280 e. The molecule has 1 aromatic heterocycles. The van der Waals surface area contributed by atoms with E-state index in [4.69, 9.17) is 1.37 Å². The number of amides is 2. The van der Waals surface area contributed by atoms with Crippen LogP contribution >= 0.6 is 0 Å². The predicted octanol–water partition coefficient (Wildman–Crippen LogP) is 2.44. The molecule has 1 aliphatic rings. The average Bonchev–Trinajstić information content (AvgIpc) is 2.75. The van der Waals surface area contributed by atoms with Gasteiger partial charge in [0.15, 0.2) is 0 Å². The molecule has 94 valence electrons. The van der Waals surface area contributed by atoms with E-state index in [0.717, 1.165) is 10.5 Å². The number of nitrogens with zero attached hydrogens (tertiary/aromatic N) is 2. The van der Waals surface area contributed by atoms with Gasteiger partial charge in [0.1, 0.15) is 5.69 Å². The van der Waals surface area contributed by atoms with Gasteiger partial charge in [-0.3, -0.25) is 19.5 Å². The molecule has 0 fully saturated rings. The summed E-state index contributed by atoms with van der Waals surface area (Å²) < 4.78 is 7.68. The number of carbonyl (C=O) groups is 2. The monoisotopic (exact) mass is 253 g/mol. The summed E-state index contributed by atoms with van der Waals surface area (Å²) in [5, 5.41) is 0. The van der Waals surface area contributed by atoms with Gasteiger partial charge in [-0.2, -0.15) is 0 Å². The minimum absolute atomic E-state index is 0.0739. The zero-order valence-electron chi connectivity index (χ0n) is 11.1. The second-order valence-corrected chi connectivity index (χ2v) is 4.31. The van der Waals surface area contributed by atoms with Crippen molar-refractivity contribution in [2.75, 3.05) is 0 Å². The maximum absolute atomic E-state index is 12.4. The Kier molecular flexibility index (Phi) is 2.37. The van der Waals surface area contributed by atoms with Gasteiger partial charge in [-0.25, -0.2) is 0 Å². The number of aromatic nitrogens is 1. The molecule has 0 radical (unpaired) electrons. The van der Waals surface area contributed by atoms with Crippen molar-refractivity contribution in [1.29, 1.82) is 0 Å². The Hall–Kier alpha value is -2.49. The predicted molar refractivity (Wildman–Crippen MR) is 69.6 cm³/mol. The van der Waals surface area contributed by atoms with E-state index in [2.05, 4.69) is 4.98 Å². The summed E-state index contributed by atoms with van der Waals surface area (Å²) in [6.45, 7) is -0.0739. The molecule has 3 rings (SSSR count). The van der Waals surface area contributed by atoms with Crippen molar-refractivity contribution in [1.82, 2.24) is 9.88 Å². The Morgan fingerprint density at radius 1 is 1.11 bits per heavy atom. The molecule has 2 amide bonds. The summed E-state index contributed by atoms with van der Waals surface area (Å²) in [6.07, 6.45) is 1.49. The summed E-state index contributed by atoms with van der Waals surface area (Å²) in [5.74, 6) is -0.800. The number of imide groups is 1. The third kappa shape index (κ3) is 1.73. The first-order chi connectivity index (χ1) is 9.74. The summed E-state index contributed by atoms with van der Waals surface area (Å²) in [5.41, 5.74) is 1.26. The molecule has 1 unspecified atom stereocenters. The lowest BCUT2D eigenvalue weighted by Crippen LogP contribution is -2.32. The lowest BCUT2D eigenvalue weighted by molar-refractivity contribution is 0.0593. The first-order valence-electron chi connectivity index (χ1n) is 6.62. The number of benzene rings is 1. The zero-order valence-corrected chi connectivity index (χ0v) is 10.1. The summed E-state index contributed by atoms with van der Waals surface area (Å²) in [6, 6.07) is 11.8. The smallest absolute Gasteiger partial charge is 0.268 e. The quantitative estimate of drug-likeness (QED) is 0.772. The fraction of sp³-hybridized carbons (Fsp3) is 0.133. The van der Waals surface area contributed by atoms with E-state index in [1.807, 2.05) is 30.3 Å². The standard InChI is InChI=1S/C15H12N2O2/c1-10(11-6-3-2-4-7-11)17-14(18)12-8-5-9-16-13(12)15(17)19/h2-10H,1H3/i1D. The van der Waals surface area contributed by atoms with Crippen molar-refractivity contribution in [2.45, 2.75) is 12.9 Å². The van der Waals surface area contributed by atoms with Gasteiger partial charge in [0.25, 0.3) is 11.8 Å². The third-order valence-electron chi connectivity index (χ3n) is 3.17. The fourth-order valence-corrected chi connectivity index (χ4v) is 2.19. The summed E-state index contributed by atoms with van der Waals surface area (Å²) in [4.78, 5) is 29.8. The number of carbonyl (C=O) groups excluding carboxylic acids is 2. The van der Waals surface area contributed by atoms with Crippen molar-refractivity contribution in [3.8, 4) is 0 Å². The van der Waals surface area contributed by atoms with Gasteiger partial charge in [0.05, 0.1) is 11.6 Å². The van der Waals surface area contributed by atoms with Crippen LogP contribution in [0.1, 0.15) is 40.7 Å². The van der Waals surface area contributed by atoms with Crippen LogP contribution in [0, 0.1) is 0 Å². The molecule has 0 saturated heterocycles. The van der Waals surface area contributed by atoms with Gasteiger partial charge >= 0.3 is 0 Å². The maximum atomic E-state index is 12.4. The Bertz CT molecular complexity index is 638. The van der Waals surface area contributed by atoms with Gasteiger partial charge in [-0.15, -0.1) is 0 Å². The number of rotatable bonds is 2. The molecule has 2 aromatic rings. The Morgan fingerprint density at radius 2 is 1.89 bits per heavy atom. The van der Waals surface area contributed by atoms with Crippen LogP contribution in [-0.2, 0) is 0 Å². The number of fused-ring (bicyclic) bond motifs is 1. The highest BCUT2D eigenvalue weighted by Crippen LogP contribution is 2.29. The van der Waals surface area contributed by atoms with E-state index >= 15 is 0 Å². The van der Waals surface area contributed by atoms with E-state index in [0.29, 0.717) is 5.56 Å². The normalized spacial score (nSPS) is 16.2. The topological polar surface area (TPSA) is 50.3 Å². The van der Waals surface area contributed by atoms with E-state index < -0.39 is 11.9 Å². The summed E-state index contributed by atoms with van der Waals surface area (Å²) in [7, 11) is 0. The molecular weight excluding hydrogens is 240 g/mol. The van der Waals surface area contributed by atoms with Crippen LogP contribution in [0.4, 0.5) is 0 Å². The molecule has 4 heteroatoms. The van der Waals surface area contributed by atoms with Crippen LogP contribution in [0.2, 0.25) is 0 Å². The third-order valence-corrected chi connectivity index (χ3v) is 3.17. The van der Waals surface area contributed by atoms with E-state index in [-0.39, 0.29) is 18.5 Å². The van der Waals surface area contributed by atoms with Crippen LogP contribution < -0.4 is 0 Å². The van der Waals surface area contributed by atoms with Crippen molar-refractivity contribution >= 4 is 11.8 Å². The Labute approximate surface area is 112 Å². The van der Waals surface area contributed by atoms with E-state index in [1.165, 1.54) is 6.20 Å². The van der Waals surface area contributed by atoms with Gasteiger partial charge in [0, 0.05) is 7.57 Å². The Balaban J connectivity index is 2.03. The fourth-order valence-electron chi connectivity index (χ4n) is 2.19. The molecule has 0 N–H and O–H groups in total. The number of pyridine rings is 1. The Morgan fingerprint density at radius 3 is 2.58 bits per heavy atom. The molecule has 19 heavy (non-hydrogen) atoms. The molecule has 1 atom stereocenters. The molecular formula is C15H12N2O2. The molecule has 2 heterocycles. The van der Waals surface area contributed by atoms with E-state index in [1.54, 1.807) is 12.1 Å². The van der Waals surface area contributed by atoms with E-state index in [9.17, 15) is 9.59 Å². The zero-order chi connectivity index (χ0) is 14.1. The van der Waals surface area contributed by atoms with Crippen LogP contribution in [0.25, 0.3) is 0 Å². The van der Waals surface area contributed by atoms with Crippen molar-refractivity contribution < 1.29 is 11.0 Å². The molecule has 1 aromatic carbocycles. The van der Waals surface area contributed by atoms with Gasteiger partial charge < -0.3 is 0 Å². The molecule has 0 saturated carbocycles. The highest BCUT2D eigenvalue weighted by Gasteiger charge is 2.39. The van der Waals surface area contributed by atoms with Crippen molar-refractivity contribution in [3.05, 3.63) is 65.5 Å². The molecule has 0 spiro atoms. The SMILES string of the molecule is [2H]CC(c1ccccc1)N1C(=O)c2cccnc2C1=O. The average molecular weight is 253 g/mol. The van der Waals surface area contributed by atoms with Crippen molar-refractivity contribution in [2.24, 2.45) is 0 Å². The molecule has 0 bridgehead atoms. The van der Waals surface area contributed by atoms with Crippen LogP contribution in [-0.4, -0.2) is 21.7 Å². The lowest BCUT2D eigenvalue weighted by Gasteiger charge is -2.22. The molecule has 1 aliphatic heterocycles. The second-order valence-electron chi connectivity index (χ2n) is 4.31. The number of hydrogen-bond donors (Lipinski definition) is 0. The van der Waals surface area contributed by atoms with Gasteiger partial charge in [-0.05, 0) is 24.6 Å². The number of hydrogen-bond acceptors (Lipinski definition) is 3. The van der Waals surface area contributed by atoms with Gasteiger partial charge in [0.2, 0.25) is 0 Å². The maximum Gasteiger partial charge on any atom is 0.280 e. The second kappa shape index (κ2) is 4.31. The minimum Gasteiger partial charge on any atom is -0.268 e. The van der Waals surface area contributed by atoms with Crippen LogP contribution in [0.5, 0.6) is 0 Å². The highest BCUT2D eigenvalue weighted by atomic mass is 16.2. The van der Waals surface area contributed by atoms with Gasteiger partial charge in [-0.1, -0.05) is 30.3 Å². The van der Waals surface area contributed by atoms with Crippen molar-refractivity contribution in [3.63, 3.8) is 0 Å². The first-order valence-corrected chi connectivity index (χ1v) is 5.91. The lowest BCUT2D eigenvalue weighted by atomic mass is 10.1. The first kappa shape index (κ1) is 10.4.